The molecule has 0 radical (unpaired) electrons. The molecule has 0 aliphatic carbocycles. The summed E-state index contributed by atoms with van der Waals surface area (Å²) in [4.78, 5) is 12.2. The molecule has 0 aromatic carbocycles. The lowest BCUT2D eigenvalue weighted by Gasteiger charge is -2.08. The molecule has 0 rings (SSSR count). The summed E-state index contributed by atoms with van der Waals surface area (Å²) >= 11 is 0. The van der Waals surface area contributed by atoms with Crippen LogP contribution in [0.2, 0.25) is 0 Å². The first-order chi connectivity index (χ1) is 5.57. The van der Waals surface area contributed by atoms with E-state index in [9.17, 15) is 4.79 Å². The van der Waals surface area contributed by atoms with Gasteiger partial charge < -0.3 is 4.90 Å². The molecule has 0 fully saturated rings. The highest BCUT2D eigenvalue weighted by Crippen LogP contribution is 1.95. The van der Waals surface area contributed by atoms with Crippen molar-refractivity contribution in [3.8, 4) is 0 Å². The van der Waals surface area contributed by atoms with Gasteiger partial charge in [0.05, 0.1) is 0 Å². The monoisotopic (exact) mass is 169 g/mol. The number of hydrogen-bond acceptors (Lipinski definition) is 1. The number of rotatable bonds is 2. The number of allylic oxidation sites excluding steroid dienone is 2. The molecule has 0 aromatic heterocycles. The van der Waals surface area contributed by atoms with Crippen LogP contribution in [0.15, 0.2) is 24.4 Å². The van der Waals surface area contributed by atoms with E-state index in [2.05, 4.69) is 6.58 Å². The first-order valence-electron chi connectivity index (χ1n) is 4.12. The predicted octanol–water partition coefficient (Wildman–Crippen LogP) is 2.58. The summed E-state index contributed by atoms with van der Waals surface area (Å²) in [6.07, 6.45) is 3.45. The number of nitrogens with zero attached hydrogens (tertiary/aromatic N) is 1. The van der Waals surface area contributed by atoms with Crippen LogP contribution in [-0.4, -0.2) is 17.9 Å². The topological polar surface area (TPSA) is 20.3 Å². The lowest BCUT2D eigenvalue weighted by molar-refractivity contribution is -0.125. The van der Waals surface area contributed by atoms with E-state index >= 15 is 0 Å². The molecular weight excluding hydrogens is 150 g/mol. The third-order valence-corrected chi connectivity index (χ3v) is 1.22. The van der Waals surface area contributed by atoms with Gasteiger partial charge in [0.15, 0.2) is 0 Å². The summed E-state index contributed by atoms with van der Waals surface area (Å²) in [5.41, 5.74) is 0.984. The first kappa shape index (κ1) is 13.5. The maximum Gasteiger partial charge on any atom is 0.223 e. The van der Waals surface area contributed by atoms with Crippen molar-refractivity contribution < 1.29 is 4.79 Å². The summed E-state index contributed by atoms with van der Waals surface area (Å²) in [5, 5.41) is 0. The van der Waals surface area contributed by atoms with Crippen LogP contribution < -0.4 is 0 Å². The Balaban J connectivity index is 0. The SMILES string of the molecule is C=C/C(C)=C\N(C)C(C)=O.CC. The molecule has 0 atom stereocenters. The van der Waals surface area contributed by atoms with E-state index in [0.29, 0.717) is 0 Å². The summed E-state index contributed by atoms with van der Waals surface area (Å²) in [6, 6.07) is 0. The second-order valence-corrected chi connectivity index (χ2v) is 2.21. The average molecular weight is 169 g/mol. The Morgan fingerprint density at radius 1 is 1.33 bits per heavy atom. The minimum Gasteiger partial charge on any atom is -0.322 e. The smallest absolute Gasteiger partial charge is 0.223 e. The summed E-state index contributed by atoms with van der Waals surface area (Å²) in [5.74, 6) is 0.0289. The molecule has 0 aliphatic heterocycles. The molecule has 70 valence electrons. The van der Waals surface area contributed by atoms with Crippen LogP contribution in [-0.2, 0) is 4.79 Å². The second kappa shape index (κ2) is 8.05. The molecule has 0 saturated carbocycles. The van der Waals surface area contributed by atoms with E-state index in [1.165, 1.54) is 11.8 Å². The predicted molar refractivity (Wildman–Crippen MR) is 53.7 cm³/mol. The van der Waals surface area contributed by atoms with Crippen LogP contribution in [0.5, 0.6) is 0 Å². The Hall–Kier alpha value is -1.05. The molecule has 2 nitrogen and oxygen atoms in total. The van der Waals surface area contributed by atoms with Gasteiger partial charge in [0.2, 0.25) is 5.91 Å². The molecule has 0 heterocycles. The fourth-order valence-corrected chi connectivity index (χ4v) is 0.449. The van der Waals surface area contributed by atoms with Gasteiger partial charge in [-0.3, -0.25) is 4.79 Å². The quantitative estimate of drug-likeness (QED) is 0.582. The van der Waals surface area contributed by atoms with Crippen LogP contribution in [0, 0.1) is 0 Å². The van der Waals surface area contributed by atoms with Crippen molar-refractivity contribution in [3.05, 3.63) is 24.4 Å². The average Bonchev–Trinajstić information content (AvgIpc) is 2.07. The standard InChI is InChI=1S/C8H13NO.C2H6/c1-5-7(2)6-9(4)8(3)10;1-2/h5-6H,1H2,2-4H3;1-2H3/b7-6-;. The van der Waals surface area contributed by atoms with Gasteiger partial charge in [0.25, 0.3) is 0 Å². The van der Waals surface area contributed by atoms with Crippen molar-refractivity contribution in [2.75, 3.05) is 7.05 Å². The highest BCUT2D eigenvalue weighted by Gasteiger charge is 1.95. The fraction of sp³-hybridized carbons (Fsp3) is 0.500. The molecule has 0 saturated heterocycles. The zero-order valence-electron chi connectivity index (χ0n) is 8.72. The zero-order chi connectivity index (χ0) is 10.1. The molecular formula is C10H19NO. The van der Waals surface area contributed by atoms with Crippen molar-refractivity contribution in [1.29, 1.82) is 0 Å². The largest absolute Gasteiger partial charge is 0.322 e. The van der Waals surface area contributed by atoms with Gasteiger partial charge in [0, 0.05) is 20.2 Å². The molecule has 2 heteroatoms. The second-order valence-electron chi connectivity index (χ2n) is 2.21. The third kappa shape index (κ3) is 7.06. The van der Waals surface area contributed by atoms with Crippen molar-refractivity contribution >= 4 is 5.91 Å². The summed E-state index contributed by atoms with van der Waals surface area (Å²) in [6.45, 7) is 11.0. The fourth-order valence-electron chi connectivity index (χ4n) is 0.449. The van der Waals surface area contributed by atoms with E-state index in [1.54, 1.807) is 19.3 Å². The molecule has 1 amide bonds. The van der Waals surface area contributed by atoms with Crippen LogP contribution in [0.25, 0.3) is 0 Å². The highest BCUT2D eigenvalue weighted by atomic mass is 16.2. The number of hydrogen-bond donors (Lipinski definition) is 0. The zero-order valence-corrected chi connectivity index (χ0v) is 8.72. The molecule has 0 spiro atoms. The summed E-state index contributed by atoms with van der Waals surface area (Å²) in [7, 11) is 1.72. The van der Waals surface area contributed by atoms with Crippen LogP contribution in [0.1, 0.15) is 27.7 Å². The van der Waals surface area contributed by atoms with Gasteiger partial charge in [-0.2, -0.15) is 0 Å². The van der Waals surface area contributed by atoms with Crippen LogP contribution in [0.4, 0.5) is 0 Å². The Bertz CT molecular complexity index is 171. The third-order valence-electron chi connectivity index (χ3n) is 1.22. The van der Waals surface area contributed by atoms with Gasteiger partial charge >= 0.3 is 0 Å². The Kier molecular flexibility index (Phi) is 9.08. The number of carbonyl (C=O) groups is 1. The van der Waals surface area contributed by atoms with Crippen molar-refractivity contribution in [2.45, 2.75) is 27.7 Å². The highest BCUT2D eigenvalue weighted by molar-refractivity contribution is 5.74. The Morgan fingerprint density at radius 2 is 1.75 bits per heavy atom. The number of carbonyl (C=O) groups excluding carboxylic acids is 1. The summed E-state index contributed by atoms with van der Waals surface area (Å²) < 4.78 is 0. The molecule has 0 aliphatic rings. The van der Waals surface area contributed by atoms with E-state index < -0.39 is 0 Å². The maximum absolute atomic E-state index is 10.6. The minimum absolute atomic E-state index is 0.0289. The maximum atomic E-state index is 10.6. The van der Waals surface area contributed by atoms with Gasteiger partial charge in [-0.1, -0.05) is 26.5 Å². The van der Waals surface area contributed by atoms with Crippen molar-refractivity contribution in [1.82, 2.24) is 4.90 Å². The van der Waals surface area contributed by atoms with Crippen LogP contribution in [0.3, 0.4) is 0 Å². The first-order valence-corrected chi connectivity index (χ1v) is 4.12. The Morgan fingerprint density at radius 3 is 2.00 bits per heavy atom. The van der Waals surface area contributed by atoms with Gasteiger partial charge in [-0.05, 0) is 12.5 Å². The Labute approximate surface area is 75.6 Å². The lowest BCUT2D eigenvalue weighted by atomic mass is 10.3. The molecule has 0 bridgehead atoms. The molecule has 0 N–H and O–H groups in total. The normalized spacial score (nSPS) is 9.58. The number of amides is 1. The minimum atomic E-state index is 0.0289. The van der Waals surface area contributed by atoms with Gasteiger partial charge in [-0.25, -0.2) is 0 Å². The van der Waals surface area contributed by atoms with E-state index in [0.717, 1.165) is 5.57 Å². The van der Waals surface area contributed by atoms with E-state index in [-0.39, 0.29) is 5.91 Å². The van der Waals surface area contributed by atoms with E-state index in [1.807, 2.05) is 20.8 Å². The van der Waals surface area contributed by atoms with E-state index in [4.69, 9.17) is 0 Å². The van der Waals surface area contributed by atoms with Gasteiger partial charge in [-0.15, -0.1) is 0 Å². The lowest BCUT2D eigenvalue weighted by Crippen LogP contribution is -2.16. The molecule has 0 unspecified atom stereocenters. The van der Waals surface area contributed by atoms with Crippen molar-refractivity contribution in [3.63, 3.8) is 0 Å². The van der Waals surface area contributed by atoms with Crippen LogP contribution >= 0.6 is 0 Å². The molecule has 12 heavy (non-hydrogen) atoms. The van der Waals surface area contributed by atoms with Gasteiger partial charge in [0.1, 0.15) is 0 Å². The van der Waals surface area contributed by atoms with Crippen molar-refractivity contribution in [2.24, 2.45) is 0 Å². The molecule has 0 aromatic rings.